The van der Waals surface area contributed by atoms with Crippen molar-refractivity contribution in [2.45, 2.75) is 387 Å². The molecule has 0 spiro atoms. The summed E-state index contributed by atoms with van der Waals surface area (Å²) in [5.74, 6) is -0.472. The lowest BCUT2D eigenvalue weighted by molar-refractivity contribution is -0.161. The fourth-order valence-electron chi connectivity index (χ4n) is 10.9. The monoisotopic (exact) mass is 1340 g/mol. The molecule has 3 N–H and O–H groups in total. The second-order valence-corrected chi connectivity index (χ2v) is 29.6. The minimum absolute atomic E-state index is 0.103. The lowest BCUT2D eigenvalue weighted by Gasteiger charge is -2.21. The number of ether oxygens (including phenoxy) is 4. The van der Waals surface area contributed by atoms with Crippen molar-refractivity contribution in [1.82, 2.24) is 0 Å². The fraction of sp³-hybridized carbons (Fsp3) is 0.944. The zero-order valence-electron chi connectivity index (χ0n) is 59.1. The molecular formula is C72H140O17P2. The third-order valence-corrected chi connectivity index (χ3v) is 19.0. The Morgan fingerprint density at radius 3 is 0.835 bits per heavy atom. The highest BCUT2D eigenvalue weighted by molar-refractivity contribution is 7.47. The fourth-order valence-corrected chi connectivity index (χ4v) is 12.5. The molecule has 0 aromatic heterocycles. The van der Waals surface area contributed by atoms with Gasteiger partial charge in [0.1, 0.15) is 19.3 Å². The minimum atomic E-state index is -4.95. The third kappa shape index (κ3) is 65.1. The van der Waals surface area contributed by atoms with Crippen LogP contribution in [-0.2, 0) is 65.4 Å². The predicted molar refractivity (Wildman–Crippen MR) is 368 cm³/mol. The lowest BCUT2D eigenvalue weighted by atomic mass is 9.99. The third-order valence-electron chi connectivity index (χ3n) is 17.1. The van der Waals surface area contributed by atoms with Gasteiger partial charge in [0.2, 0.25) is 0 Å². The van der Waals surface area contributed by atoms with Crippen LogP contribution in [0.1, 0.15) is 369 Å². The van der Waals surface area contributed by atoms with Gasteiger partial charge in [-0.1, -0.05) is 318 Å². The van der Waals surface area contributed by atoms with E-state index in [0.29, 0.717) is 25.7 Å². The molecule has 0 amide bonds. The van der Waals surface area contributed by atoms with E-state index in [0.717, 1.165) is 127 Å². The molecule has 6 atom stereocenters. The van der Waals surface area contributed by atoms with E-state index in [1.54, 1.807) is 0 Å². The number of hydrogen-bond donors (Lipinski definition) is 3. The summed E-state index contributed by atoms with van der Waals surface area (Å²) in [6.45, 7) is 9.56. The summed E-state index contributed by atoms with van der Waals surface area (Å²) >= 11 is 0. The van der Waals surface area contributed by atoms with Crippen molar-refractivity contribution in [3.8, 4) is 0 Å². The van der Waals surface area contributed by atoms with E-state index in [9.17, 15) is 43.2 Å². The smallest absolute Gasteiger partial charge is 0.462 e. The Hall–Kier alpha value is -1.94. The van der Waals surface area contributed by atoms with Crippen molar-refractivity contribution in [2.75, 3.05) is 39.6 Å². The van der Waals surface area contributed by atoms with Gasteiger partial charge in [0, 0.05) is 25.7 Å². The average Bonchev–Trinajstić information content (AvgIpc) is 3.73. The van der Waals surface area contributed by atoms with Crippen molar-refractivity contribution >= 4 is 39.5 Å². The van der Waals surface area contributed by atoms with Gasteiger partial charge in [-0.3, -0.25) is 37.3 Å². The summed E-state index contributed by atoms with van der Waals surface area (Å²) in [6, 6.07) is 0. The van der Waals surface area contributed by atoms with E-state index in [2.05, 4.69) is 41.5 Å². The van der Waals surface area contributed by atoms with Crippen LogP contribution in [0.25, 0.3) is 0 Å². The molecule has 0 saturated carbocycles. The Morgan fingerprint density at radius 1 is 0.319 bits per heavy atom. The molecule has 19 heteroatoms. The van der Waals surface area contributed by atoms with Gasteiger partial charge in [0.15, 0.2) is 12.2 Å². The average molecular weight is 1340 g/mol. The first-order chi connectivity index (χ1) is 43.9. The van der Waals surface area contributed by atoms with E-state index in [-0.39, 0.29) is 25.7 Å². The molecule has 0 radical (unpaired) electrons. The van der Waals surface area contributed by atoms with Crippen molar-refractivity contribution in [2.24, 2.45) is 11.8 Å². The van der Waals surface area contributed by atoms with Gasteiger partial charge in [0.25, 0.3) is 0 Å². The van der Waals surface area contributed by atoms with Crippen LogP contribution < -0.4 is 0 Å². The van der Waals surface area contributed by atoms with Crippen LogP contribution in [0.2, 0.25) is 0 Å². The molecule has 0 fully saturated rings. The summed E-state index contributed by atoms with van der Waals surface area (Å²) in [4.78, 5) is 72.3. The number of esters is 4. The van der Waals surface area contributed by atoms with Crippen molar-refractivity contribution in [3.63, 3.8) is 0 Å². The highest BCUT2D eigenvalue weighted by atomic mass is 31.2. The molecule has 0 aliphatic heterocycles. The van der Waals surface area contributed by atoms with E-state index >= 15 is 0 Å². The summed E-state index contributed by atoms with van der Waals surface area (Å²) in [6.07, 6.45) is 50.3. The maximum absolute atomic E-state index is 13.1. The molecule has 0 rings (SSSR count). The highest BCUT2D eigenvalue weighted by Gasteiger charge is 2.30. The Balaban J connectivity index is 5.13. The molecule has 0 aromatic carbocycles. The Morgan fingerprint density at radius 2 is 0.560 bits per heavy atom. The number of phosphoric ester groups is 2. The van der Waals surface area contributed by atoms with Crippen LogP contribution in [0, 0.1) is 11.8 Å². The molecule has 0 aromatic rings. The number of unbranched alkanes of at least 4 members (excludes halogenated alkanes) is 40. The van der Waals surface area contributed by atoms with Gasteiger partial charge >= 0.3 is 39.5 Å². The Kier molecular flexibility index (Phi) is 62.7. The maximum Gasteiger partial charge on any atom is 0.472 e. The van der Waals surface area contributed by atoms with Crippen molar-refractivity contribution in [3.05, 3.63) is 0 Å². The summed E-state index contributed by atoms with van der Waals surface area (Å²) in [5.41, 5.74) is 0. The zero-order chi connectivity index (χ0) is 67.2. The molecule has 91 heavy (non-hydrogen) atoms. The molecular weight excluding hydrogens is 1200 g/mol. The Bertz CT molecular complexity index is 1770. The number of phosphoric acid groups is 2. The zero-order valence-corrected chi connectivity index (χ0v) is 60.9. The SMILES string of the molecule is CCCCCCCCCC(=O)OC[C@H](COP(=O)(O)OC[C@H](O)COP(=O)(O)OC[C@@H](COC(=O)CCCCCCCCCCCCCCCCC(C)CC)OC(=O)CCCCCCCCCCCCCCCCCCC(C)C)OC(=O)CCCCCCCCC. The van der Waals surface area contributed by atoms with Crippen LogP contribution in [-0.4, -0.2) is 96.7 Å². The summed E-state index contributed by atoms with van der Waals surface area (Å²) in [7, 11) is -9.89. The number of aliphatic hydroxyl groups excluding tert-OH is 1. The van der Waals surface area contributed by atoms with Crippen molar-refractivity contribution < 1.29 is 80.2 Å². The van der Waals surface area contributed by atoms with Gasteiger partial charge in [0.05, 0.1) is 26.4 Å². The van der Waals surface area contributed by atoms with E-state index in [1.165, 1.54) is 161 Å². The maximum atomic E-state index is 13.1. The van der Waals surface area contributed by atoms with Crippen LogP contribution in [0.3, 0.4) is 0 Å². The van der Waals surface area contributed by atoms with Gasteiger partial charge in [-0.25, -0.2) is 9.13 Å². The molecule has 540 valence electrons. The number of carbonyl (C=O) groups is 4. The van der Waals surface area contributed by atoms with Crippen molar-refractivity contribution in [1.29, 1.82) is 0 Å². The van der Waals surface area contributed by atoms with Gasteiger partial charge < -0.3 is 33.8 Å². The molecule has 3 unspecified atom stereocenters. The molecule has 0 saturated heterocycles. The van der Waals surface area contributed by atoms with E-state index in [1.807, 2.05) is 0 Å². The number of aliphatic hydroxyl groups is 1. The molecule has 0 aliphatic carbocycles. The lowest BCUT2D eigenvalue weighted by Crippen LogP contribution is -2.30. The van der Waals surface area contributed by atoms with Crippen LogP contribution >= 0.6 is 15.6 Å². The van der Waals surface area contributed by atoms with Gasteiger partial charge in [-0.2, -0.15) is 0 Å². The molecule has 0 heterocycles. The number of carbonyl (C=O) groups excluding carboxylic acids is 4. The topological polar surface area (TPSA) is 237 Å². The summed E-state index contributed by atoms with van der Waals surface area (Å²) in [5, 5.41) is 10.6. The minimum Gasteiger partial charge on any atom is -0.462 e. The predicted octanol–water partition coefficient (Wildman–Crippen LogP) is 20.8. The van der Waals surface area contributed by atoms with Gasteiger partial charge in [-0.05, 0) is 37.5 Å². The first kappa shape index (κ1) is 89.1. The summed E-state index contributed by atoms with van der Waals surface area (Å²) < 4.78 is 68.1. The second kappa shape index (κ2) is 64.1. The van der Waals surface area contributed by atoms with Crippen LogP contribution in [0.5, 0.6) is 0 Å². The normalized spacial score (nSPS) is 14.4. The van der Waals surface area contributed by atoms with Gasteiger partial charge in [-0.15, -0.1) is 0 Å². The Labute approximate surface area is 556 Å². The molecule has 0 bridgehead atoms. The number of hydrogen-bond acceptors (Lipinski definition) is 15. The highest BCUT2D eigenvalue weighted by Crippen LogP contribution is 2.45. The first-order valence-corrected chi connectivity index (χ1v) is 40.5. The quantitative estimate of drug-likeness (QED) is 0.0222. The van der Waals surface area contributed by atoms with Crippen LogP contribution in [0.4, 0.5) is 0 Å². The molecule has 0 aliphatic rings. The second-order valence-electron chi connectivity index (χ2n) is 26.7. The van der Waals surface area contributed by atoms with E-state index < -0.39 is 97.5 Å². The largest absolute Gasteiger partial charge is 0.472 e. The standard InChI is InChI=1S/C72H140O17P2/c1-7-10-12-14-34-42-48-54-69(74)82-60-67(88-71(76)56-50-44-35-15-13-11-8-2)62-86-90(78,79)84-58-66(73)59-85-91(80,81)87-63-68(61-83-70(75)55-49-43-38-32-28-24-21-20-23-27-31-37-41-47-53-65(6)9-3)89-72(77)57-51-45-39-33-29-25-19-17-16-18-22-26-30-36-40-46-52-64(4)5/h64-68,73H,7-63H2,1-6H3,(H,78,79)(H,80,81)/t65?,66-,67+,68+/m0/s1. The van der Waals surface area contributed by atoms with E-state index in [4.69, 9.17) is 37.0 Å². The molecule has 17 nitrogen and oxygen atoms in total. The number of rotatable bonds is 71. The van der Waals surface area contributed by atoms with Crippen LogP contribution in [0.15, 0.2) is 0 Å². The first-order valence-electron chi connectivity index (χ1n) is 37.5.